The average molecular weight is 654 g/mol. The maximum Gasteiger partial charge on any atom is 0.136 e. The number of hydrogen-bond donors (Lipinski definition) is 0. The van der Waals surface area contributed by atoms with Crippen LogP contribution in [0.3, 0.4) is 0 Å². The molecule has 4 heteroatoms. The van der Waals surface area contributed by atoms with Crippen molar-refractivity contribution in [1.29, 1.82) is 0 Å². The molecule has 7 aromatic carbocycles. The highest BCUT2D eigenvalue weighted by Crippen LogP contribution is 2.49. The first-order valence-corrected chi connectivity index (χ1v) is 17.2. The lowest BCUT2D eigenvalue weighted by atomic mass is 9.95. The third-order valence-electron chi connectivity index (χ3n) is 9.86. The molecular weight excluding hydrogens is 623 g/mol. The van der Waals surface area contributed by atoms with Crippen LogP contribution >= 0.6 is 0 Å². The summed E-state index contributed by atoms with van der Waals surface area (Å²) >= 11 is 0. The van der Waals surface area contributed by atoms with Crippen LogP contribution in [-0.2, 0) is 0 Å². The number of pyridine rings is 1. The number of aromatic nitrogens is 2. The van der Waals surface area contributed by atoms with E-state index in [9.17, 15) is 0 Å². The highest BCUT2D eigenvalue weighted by Gasteiger charge is 2.25. The predicted octanol–water partition coefficient (Wildman–Crippen LogP) is 12.9. The highest BCUT2D eigenvalue weighted by molar-refractivity contribution is 6.23. The Bertz CT molecular complexity index is 2850. The molecule has 51 heavy (non-hydrogen) atoms. The summed E-state index contributed by atoms with van der Waals surface area (Å²) in [5.74, 6) is 0. The van der Waals surface area contributed by atoms with Crippen LogP contribution in [0, 0.1) is 0 Å². The monoisotopic (exact) mass is 653 g/mol. The van der Waals surface area contributed by atoms with Gasteiger partial charge in [0.05, 0.1) is 16.7 Å². The standard InChI is InChI=1S/C47H31N3O/c1-3-16-34(17-4-1)49(36-20-11-14-32(30-36)33-15-13-29-48-31-33)42-28-27-38(37-23-12-26-44-45(37)40-22-8-10-25-43(40)51-44)47-46(42)39-21-7-9-24-41(39)50(47)35-18-5-2-6-19-35/h1-31H. The van der Waals surface area contributed by atoms with Crippen molar-refractivity contribution in [2.45, 2.75) is 0 Å². The van der Waals surface area contributed by atoms with E-state index in [0.29, 0.717) is 0 Å². The van der Waals surface area contributed by atoms with Crippen LogP contribution in [0.15, 0.2) is 193 Å². The van der Waals surface area contributed by atoms with Gasteiger partial charge in [-0.05, 0) is 77.9 Å². The second-order valence-corrected chi connectivity index (χ2v) is 12.8. The van der Waals surface area contributed by atoms with Gasteiger partial charge in [0, 0.05) is 62.1 Å². The topological polar surface area (TPSA) is 34.2 Å². The molecule has 0 saturated heterocycles. The van der Waals surface area contributed by atoms with Gasteiger partial charge in [-0.2, -0.15) is 0 Å². The Balaban J connectivity index is 1.34. The van der Waals surface area contributed by atoms with Gasteiger partial charge in [0.2, 0.25) is 0 Å². The average Bonchev–Trinajstić information content (AvgIpc) is 3.76. The number of nitrogens with zero attached hydrogens (tertiary/aromatic N) is 3. The summed E-state index contributed by atoms with van der Waals surface area (Å²) in [5, 5.41) is 4.59. The quantitative estimate of drug-likeness (QED) is 0.179. The van der Waals surface area contributed by atoms with Gasteiger partial charge in [0.1, 0.15) is 11.2 Å². The molecule has 0 aliphatic rings. The summed E-state index contributed by atoms with van der Waals surface area (Å²) < 4.78 is 8.84. The molecule has 0 N–H and O–H groups in total. The second kappa shape index (κ2) is 11.9. The lowest BCUT2D eigenvalue weighted by Gasteiger charge is -2.27. The van der Waals surface area contributed by atoms with Gasteiger partial charge in [0.25, 0.3) is 0 Å². The molecule has 0 aliphatic carbocycles. The molecule has 240 valence electrons. The Labute approximate surface area is 295 Å². The molecule has 4 nitrogen and oxygen atoms in total. The van der Waals surface area contributed by atoms with Gasteiger partial charge in [-0.15, -0.1) is 0 Å². The molecule has 3 aromatic heterocycles. The minimum absolute atomic E-state index is 0.881. The maximum atomic E-state index is 6.41. The number of para-hydroxylation sites is 4. The van der Waals surface area contributed by atoms with E-state index < -0.39 is 0 Å². The number of rotatable bonds is 6. The van der Waals surface area contributed by atoms with E-state index >= 15 is 0 Å². The van der Waals surface area contributed by atoms with Crippen molar-refractivity contribution in [2.75, 3.05) is 4.90 Å². The normalized spacial score (nSPS) is 11.5. The van der Waals surface area contributed by atoms with E-state index in [2.05, 4.69) is 178 Å². The maximum absolute atomic E-state index is 6.41. The summed E-state index contributed by atoms with van der Waals surface area (Å²) in [6.45, 7) is 0. The molecule has 0 bridgehead atoms. The Morgan fingerprint density at radius 3 is 2.04 bits per heavy atom. The zero-order chi connectivity index (χ0) is 33.7. The first kappa shape index (κ1) is 29.0. The smallest absolute Gasteiger partial charge is 0.136 e. The number of furan rings is 1. The van der Waals surface area contributed by atoms with E-state index in [-0.39, 0.29) is 0 Å². The van der Waals surface area contributed by atoms with Crippen LogP contribution in [-0.4, -0.2) is 9.55 Å². The third-order valence-corrected chi connectivity index (χ3v) is 9.86. The summed E-state index contributed by atoms with van der Waals surface area (Å²) in [4.78, 5) is 6.80. The molecule has 0 aliphatic heterocycles. The van der Waals surface area contributed by atoms with Crippen LogP contribution < -0.4 is 4.90 Å². The van der Waals surface area contributed by atoms with Crippen LogP contribution in [0.5, 0.6) is 0 Å². The largest absolute Gasteiger partial charge is 0.456 e. The van der Waals surface area contributed by atoms with Crippen LogP contribution in [0.2, 0.25) is 0 Å². The number of anilines is 3. The number of fused-ring (bicyclic) bond motifs is 6. The van der Waals surface area contributed by atoms with Gasteiger partial charge in [-0.25, -0.2) is 0 Å². The zero-order valence-electron chi connectivity index (χ0n) is 27.6. The molecule has 10 rings (SSSR count). The van der Waals surface area contributed by atoms with E-state index in [1.165, 1.54) is 10.8 Å². The van der Waals surface area contributed by atoms with E-state index in [4.69, 9.17) is 4.42 Å². The van der Waals surface area contributed by atoms with Gasteiger partial charge >= 0.3 is 0 Å². The van der Waals surface area contributed by atoms with Crippen molar-refractivity contribution in [3.63, 3.8) is 0 Å². The van der Waals surface area contributed by atoms with Crippen molar-refractivity contribution >= 4 is 60.8 Å². The summed E-state index contributed by atoms with van der Waals surface area (Å²) in [7, 11) is 0. The molecule has 10 aromatic rings. The molecule has 0 fully saturated rings. The van der Waals surface area contributed by atoms with Crippen LogP contribution in [0.4, 0.5) is 17.1 Å². The van der Waals surface area contributed by atoms with Crippen LogP contribution in [0.1, 0.15) is 0 Å². The van der Waals surface area contributed by atoms with Crippen molar-refractivity contribution in [3.8, 4) is 27.9 Å². The fraction of sp³-hybridized carbons (Fsp3) is 0. The Kier molecular flexibility index (Phi) is 6.78. The Morgan fingerprint density at radius 2 is 1.20 bits per heavy atom. The fourth-order valence-electron chi connectivity index (χ4n) is 7.69. The third kappa shape index (κ3) is 4.72. The first-order valence-electron chi connectivity index (χ1n) is 17.2. The van der Waals surface area contributed by atoms with Crippen LogP contribution in [0.25, 0.3) is 71.7 Å². The predicted molar refractivity (Wildman–Crippen MR) is 211 cm³/mol. The Hall–Kier alpha value is -6.91. The molecule has 0 unspecified atom stereocenters. The van der Waals surface area contributed by atoms with Gasteiger partial charge < -0.3 is 13.9 Å². The molecular formula is C47H31N3O. The molecule has 0 radical (unpaired) electrons. The molecule has 0 atom stereocenters. The van der Waals surface area contributed by atoms with Crippen molar-refractivity contribution in [3.05, 3.63) is 188 Å². The van der Waals surface area contributed by atoms with Crippen molar-refractivity contribution < 1.29 is 4.42 Å². The first-order chi connectivity index (χ1) is 25.3. The lowest BCUT2D eigenvalue weighted by Crippen LogP contribution is -2.10. The van der Waals surface area contributed by atoms with E-state index in [1.807, 2.05) is 24.5 Å². The van der Waals surface area contributed by atoms with Gasteiger partial charge in [-0.3, -0.25) is 4.98 Å². The van der Waals surface area contributed by atoms with Gasteiger partial charge in [0.15, 0.2) is 0 Å². The van der Waals surface area contributed by atoms with Crippen molar-refractivity contribution in [1.82, 2.24) is 9.55 Å². The SMILES string of the molecule is c1ccc(N(c2cccc(-c3cccnc3)c2)c2ccc(-c3cccc4oc5ccccc5c34)c3c2c2ccccc2n3-c2ccccc2)cc1. The summed E-state index contributed by atoms with van der Waals surface area (Å²) in [5.41, 5.74) is 12.9. The van der Waals surface area contributed by atoms with Crippen molar-refractivity contribution in [2.24, 2.45) is 0 Å². The molecule has 0 spiro atoms. The molecule has 0 saturated carbocycles. The second-order valence-electron chi connectivity index (χ2n) is 12.8. The summed E-state index contributed by atoms with van der Waals surface area (Å²) in [6.07, 6.45) is 3.74. The molecule has 3 heterocycles. The molecule has 0 amide bonds. The number of hydrogen-bond acceptors (Lipinski definition) is 3. The fourth-order valence-corrected chi connectivity index (χ4v) is 7.69. The zero-order valence-corrected chi connectivity index (χ0v) is 27.6. The minimum Gasteiger partial charge on any atom is -0.456 e. The van der Waals surface area contributed by atoms with Gasteiger partial charge in [-0.1, -0.05) is 109 Å². The number of benzene rings is 7. The summed E-state index contributed by atoms with van der Waals surface area (Å²) in [6, 6.07) is 62.3. The Morgan fingerprint density at radius 1 is 0.490 bits per heavy atom. The van der Waals surface area contributed by atoms with E-state index in [1.54, 1.807) is 0 Å². The highest BCUT2D eigenvalue weighted by atomic mass is 16.3. The lowest BCUT2D eigenvalue weighted by molar-refractivity contribution is 0.669. The minimum atomic E-state index is 0.881. The van der Waals surface area contributed by atoms with E-state index in [0.717, 1.165) is 78.0 Å².